The lowest BCUT2D eigenvalue weighted by atomic mass is 10.0. The fourth-order valence-electron chi connectivity index (χ4n) is 2.58. The third-order valence-corrected chi connectivity index (χ3v) is 4.80. The number of ether oxygens (including phenoxy) is 2. The van der Waals surface area contributed by atoms with Crippen molar-refractivity contribution >= 4 is 21.6 Å². The lowest BCUT2D eigenvalue weighted by Gasteiger charge is -2.22. The van der Waals surface area contributed by atoms with Crippen LogP contribution in [0.15, 0.2) is 48.5 Å². The van der Waals surface area contributed by atoms with Gasteiger partial charge in [-0.2, -0.15) is 0 Å². The monoisotopic (exact) mass is 392 g/mol. The van der Waals surface area contributed by atoms with Crippen molar-refractivity contribution in [2.75, 3.05) is 32.4 Å². The van der Waals surface area contributed by atoms with E-state index in [9.17, 15) is 13.2 Å². The number of nitrogens with one attached hydrogen (secondary N) is 1. The quantitative estimate of drug-likeness (QED) is 0.745. The predicted octanol–water partition coefficient (Wildman–Crippen LogP) is 2.35. The van der Waals surface area contributed by atoms with Crippen LogP contribution in [0.4, 0.5) is 5.69 Å². The van der Waals surface area contributed by atoms with Crippen molar-refractivity contribution in [2.45, 2.75) is 12.5 Å². The molecule has 1 atom stereocenters. The summed E-state index contributed by atoms with van der Waals surface area (Å²) >= 11 is 0. The number of hydrogen-bond acceptors (Lipinski definition) is 5. The molecule has 1 amide bonds. The van der Waals surface area contributed by atoms with Crippen LogP contribution < -0.4 is 19.1 Å². The van der Waals surface area contributed by atoms with E-state index in [-0.39, 0.29) is 12.3 Å². The molecule has 0 aliphatic heterocycles. The summed E-state index contributed by atoms with van der Waals surface area (Å²) in [6.07, 6.45) is 1.04. The molecular formula is C19H24N2O5S. The molecular weight excluding hydrogens is 368 g/mol. The number of nitrogens with zero attached hydrogens (tertiary/aromatic N) is 1. The Labute approximate surface area is 160 Å². The van der Waals surface area contributed by atoms with Gasteiger partial charge in [0.15, 0.2) is 0 Å². The Bertz CT molecular complexity index is 864. The first-order valence-corrected chi connectivity index (χ1v) is 10.1. The van der Waals surface area contributed by atoms with Crippen LogP contribution in [0.5, 0.6) is 11.5 Å². The lowest BCUT2D eigenvalue weighted by Crippen LogP contribution is -2.34. The summed E-state index contributed by atoms with van der Waals surface area (Å²) in [6.45, 7) is 0. The van der Waals surface area contributed by atoms with E-state index in [4.69, 9.17) is 9.47 Å². The van der Waals surface area contributed by atoms with Crippen LogP contribution in [0.2, 0.25) is 0 Å². The summed E-state index contributed by atoms with van der Waals surface area (Å²) in [6, 6.07) is 13.3. The van der Waals surface area contributed by atoms with Crippen LogP contribution in [0.1, 0.15) is 18.0 Å². The molecule has 0 saturated carbocycles. The average molecular weight is 392 g/mol. The van der Waals surface area contributed by atoms with Crippen LogP contribution in [0.25, 0.3) is 0 Å². The van der Waals surface area contributed by atoms with Gasteiger partial charge in [0.05, 0.1) is 26.5 Å². The molecule has 0 saturated heterocycles. The van der Waals surface area contributed by atoms with E-state index in [0.717, 1.165) is 6.26 Å². The highest BCUT2D eigenvalue weighted by molar-refractivity contribution is 7.88. The van der Waals surface area contributed by atoms with Gasteiger partial charge in [-0.1, -0.05) is 12.1 Å². The van der Waals surface area contributed by atoms with Crippen molar-refractivity contribution < 1.29 is 22.7 Å². The smallest absolute Gasteiger partial charge is 0.228 e. The molecule has 7 nitrogen and oxygen atoms in total. The number of anilines is 1. The highest BCUT2D eigenvalue weighted by Crippen LogP contribution is 2.24. The Morgan fingerprint density at radius 3 is 1.93 bits per heavy atom. The van der Waals surface area contributed by atoms with Gasteiger partial charge in [-0.05, 0) is 42.0 Å². The first kappa shape index (κ1) is 20.7. The maximum absolute atomic E-state index is 12.7. The molecule has 0 spiro atoms. The normalized spacial score (nSPS) is 12.3. The molecule has 0 bridgehead atoms. The van der Waals surface area contributed by atoms with Crippen molar-refractivity contribution in [2.24, 2.45) is 0 Å². The number of amides is 1. The zero-order valence-corrected chi connectivity index (χ0v) is 16.6. The highest BCUT2D eigenvalue weighted by Gasteiger charge is 2.22. The van der Waals surface area contributed by atoms with E-state index < -0.39 is 16.1 Å². The molecule has 146 valence electrons. The molecule has 0 radical (unpaired) electrons. The standard InChI is InChI=1S/C19H24N2O5S/c1-21(15-7-11-17(26-3)12-8-15)19(22)13-18(20-27(4,23)24)14-5-9-16(25-2)10-6-14/h5-12,18,20H,13H2,1-4H3/t18-/m0/s1. The summed E-state index contributed by atoms with van der Waals surface area (Å²) in [5, 5.41) is 0. The third kappa shape index (κ3) is 5.97. The second kappa shape index (κ2) is 8.88. The Hall–Kier alpha value is -2.58. The van der Waals surface area contributed by atoms with Gasteiger partial charge in [0, 0.05) is 19.2 Å². The molecule has 0 aliphatic rings. The SMILES string of the molecule is COc1ccc([C@H](CC(=O)N(C)c2ccc(OC)cc2)NS(C)(=O)=O)cc1. The molecule has 0 fully saturated rings. The summed E-state index contributed by atoms with van der Waals surface area (Å²) in [7, 11) is 1.27. The summed E-state index contributed by atoms with van der Waals surface area (Å²) in [5.41, 5.74) is 1.37. The van der Waals surface area contributed by atoms with Crippen molar-refractivity contribution in [1.29, 1.82) is 0 Å². The zero-order valence-electron chi connectivity index (χ0n) is 15.8. The number of rotatable bonds is 8. The molecule has 2 aromatic rings. The van der Waals surface area contributed by atoms with Gasteiger partial charge in [0.2, 0.25) is 15.9 Å². The van der Waals surface area contributed by atoms with Gasteiger partial charge in [0.1, 0.15) is 11.5 Å². The van der Waals surface area contributed by atoms with Crippen LogP contribution in [-0.2, 0) is 14.8 Å². The van der Waals surface area contributed by atoms with E-state index >= 15 is 0 Å². The van der Waals surface area contributed by atoms with Crippen LogP contribution in [0, 0.1) is 0 Å². The van der Waals surface area contributed by atoms with Gasteiger partial charge < -0.3 is 14.4 Å². The molecule has 0 heterocycles. The van der Waals surface area contributed by atoms with E-state index in [0.29, 0.717) is 22.7 Å². The van der Waals surface area contributed by atoms with E-state index in [1.807, 2.05) is 0 Å². The minimum atomic E-state index is -3.50. The number of sulfonamides is 1. The largest absolute Gasteiger partial charge is 0.497 e. The maximum atomic E-state index is 12.7. The van der Waals surface area contributed by atoms with E-state index in [1.165, 1.54) is 4.90 Å². The minimum Gasteiger partial charge on any atom is -0.497 e. The molecule has 1 N–H and O–H groups in total. The first-order chi connectivity index (χ1) is 12.7. The van der Waals surface area contributed by atoms with Gasteiger partial charge in [-0.3, -0.25) is 4.79 Å². The van der Waals surface area contributed by atoms with E-state index in [1.54, 1.807) is 69.8 Å². The minimum absolute atomic E-state index is 0.0259. The molecule has 0 aliphatic carbocycles. The first-order valence-electron chi connectivity index (χ1n) is 8.25. The molecule has 0 aromatic heterocycles. The number of hydrogen-bond donors (Lipinski definition) is 1. The Morgan fingerprint density at radius 1 is 1.00 bits per heavy atom. The number of methoxy groups -OCH3 is 2. The Balaban J connectivity index is 2.20. The Kier molecular flexibility index (Phi) is 6.81. The number of carbonyl (C=O) groups is 1. The van der Waals surface area contributed by atoms with Crippen LogP contribution in [0.3, 0.4) is 0 Å². The molecule has 27 heavy (non-hydrogen) atoms. The van der Waals surface area contributed by atoms with Gasteiger partial charge >= 0.3 is 0 Å². The topological polar surface area (TPSA) is 84.9 Å². The van der Waals surface area contributed by atoms with Crippen LogP contribution in [-0.4, -0.2) is 41.8 Å². The average Bonchev–Trinajstić information content (AvgIpc) is 2.66. The fraction of sp³-hybridized carbons (Fsp3) is 0.316. The van der Waals surface area contributed by atoms with Crippen LogP contribution >= 0.6 is 0 Å². The molecule has 8 heteroatoms. The van der Waals surface area contributed by atoms with Crippen molar-refractivity contribution in [3.8, 4) is 11.5 Å². The predicted molar refractivity (Wildman–Crippen MR) is 105 cm³/mol. The molecule has 2 rings (SSSR count). The third-order valence-electron chi connectivity index (χ3n) is 4.09. The summed E-state index contributed by atoms with van der Waals surface area (Å²) < 4.78 is 36.3. The van der Waals surface area contributed by atoms with E-state index in [2.05, 4.69) is 4.72 Å². The van der Waals surface area contributed by atoms with Crippen molar-refractivity contribution in [3.05, 3.63) is 54.1 Å². The number of carbonyl (C=O) groups excluding carboxylic acids is 1. The molecule has 0 unspecified atom stereocenters. The van der Waals surface area contributed by atoms with Gasteiger partial charge in [-0.15, -0.1) is 0 Å². The number of benzene rings is 2. The Morgan fingerprint density at radius 2 is 1.48 bits per heavy atom. The fourth-order valence-corrected chi connectivity index (χ4v) is 3.32. The summed E-state index contributed by atoms with van der Waals surface area (Å²) in [4.78, 5) is 14.2. The van der Waals surface area contributed by atoms with Gasteiger partial charge in [-0.25, -0.2) is 13.1 Å². The zero-order chi connectivity index (χ0) is 20.0. The molecule has 2 aromatic carbocycles. The second-order valence-electron chi connectivity index (χ2n) is 6.07. The summed E-state index contributed by atoms with van der Waals surface area (Å²) in [5.74, 6) is 1.12. The highest BCUT2D eigenvalue weighted by atomic mass is 32.2. The lowest BCUT2D eigenvalue weighted by molar-refractivity contribution is -0.118. The van der Waals surface area contributed by atoms with Crippen molar-refractivity contribution in [3.63, 3.8) is 0 Å². The maximum Gasteiger partial charge on any atom is 0.228 e. The van der Waals surface area contributed by atoms with Crippen molar-refractivity contribution in [1.82, 2.24) is 4.72 Å². The van der Waals surface area contributed by atoms with Gasteiger partial charge in [0.25, 0.3) is 0 Å². The second-order valence-corrected chi connectivity index (χ2v) is 7.85.